The number of carbonyl (C=O) groups excluding carboxylic acids is 2. The van der Waals surface area contributed by atoms with Crippen molar-refractivity contribution < 1.29 is 24.0 Å². The number of nitro groups is 1. The predicted octanol–water partition coefficient (Wildman–Crippen LogP) is 3.48. The highest BCUT2D eigenvalue weighted by molar-refractivity contribution is 6.02. The minimum atomic E-state index is -1.02. The lowest BCUT2D eigenvalue weighted by molar-refractivity contribution is -0.384. The van der Waals surface area contributed by atoms with Gasteiger partial charge in [0.25, 0.3) is 5.69 Å². The molecule has 0 radical (unpaired) electrons. The molecule has 2 aromatic carbocycles. The second-order valence-electron chi connectivity index (χ2n) is 7.29. The van der Waals surface area contributed by atoms with Crippen LogP contribution in [0.1, 0.15) is 38.8 Å². The van der Waals surface area contributed by atoms with E-state index in [1.165, 1.54) is 25.1 Å². The Morgan fingerprint density at radius 1 is 1.13 bits per heavy atom. The van der Waals surface area contributed by atoms with Crippen molar-refractivity contribution in [2.24, 2.45) is 0 Å². The van der Waals surface area contributed by atoms with Crippen LogP contribution in [0, 0.1) is 24.0 Å². The summed E-state index contributed by atoms with van der Waals surface area (Å²) in [5.41, 5.74) is 2.48. The largest absolute Gasteiger partial charge is 0.451 e. The topological polar surface area (TPSA) is 99.0 Å². The number of esters is 1. The Balaban J connectivity index is 1.79. The molecule has 8 nitrogen and oxygen atoms in total. The first kappa shape index (κ1) is 21.4. The van der Waals surface area contributed by atoms with E-state index in [4.69, 9.17) is 9.47 Å². The van der Waals surface area contributed by atoms with Gasteiger partial charge in [0.15, 0.2) is 6.10 Å². The van der Waals surface area contributed by atoms with Crippen LogP contribution in [0.4, 0.5) is 11.4 Å². The van der Waals surface area contributed by atoms with Gasteiger partial charge in [-0.1, -0.05) is 17.7 Å². The van der Waals surface area contributed by atoms with Crippen molar-refractivity contribution in [3.05, 3.63) is 68.8 Å². The Kier molecular flexibility index (Phi) is 6.47. The Bertz CT molecular complexity index is 982. The summed E-state index contributed by atoms with van der Waals surface area (Å²) >= 11 is 0. The summed E-state index contributed by atoms with van der Waals surface area (Å²) in [4.78, 5) is 38.2. The SMILES string of the molecule is Cc1ccc(C)c(C(=O)[C@@H](C)OC(=O)c2ccc(N3CCOCC3)c([N+](=O)[O-])c2)c1. The average molecular weight is 412 g/mol. The molecule has 8 heteroatoms. The van der Waals surface area contributed by atoms with E-state index < -0.39 is 17.0 Å². The molecule has 0 aliphatic carbocycles. The molecular formula is C22H24N2O6. The van der Waals surface area contributed by atoms with Crippen LogP contribution in [0.25, 0.3) is 0 Å². The fraction of sp³-hybridized carbons (Fsp3) is 0.364. The fourth-order valence-electron chi connectivity index (χ4n) is 3.37. The first-order chi connectivity index (χ1) is 14.3. The maximum absolute atomic E-state index is 12.7. The van der Waals surface area contributed by atoms with E-state index in [0.29, 0.717) is 37.6 Å². The van der Waals surface area contributed by atoms with Gasteiger partial charge in [-0.3, -0.25) is 14.9 Å². The highest BCUT2D eigenvalue weighted by atomic mass is 16.6. The maximum Gasteiger partial charge on any atom is 0.339 e. The fourth-order valence-corrected chi connectivity index (χ4v) is 3.37. The summed E-state index contributed by atoms with van der Waals surface area (Å²) in [7, 11) is 0. The molecule has 1 aliphatic heterocycles. The molecule has 2 aromatic rings. The number of Topliss-reactive ketones (excluding diaryl/α,β-unsaturated/α-hetero) is 1. The van der Waals surface area contributed by atoms with Gasteiger partial charge in [-0.2, -0.15) is 0 Å². The zero-order valence-corrected chi connectivity index (χ0v) is 17.2. The standard InChI is InChI=1S/C22H24N2O6/c1-14-4-5-15(2)18(12-14)21(25)16(3)30-22(26)17-6-7-19(20(13-17)24(27)28)23-8-10-29-11-9-23/h4-7,12-13,16H,8-11H2,1-3H3/t16-/m1/s1. The number of hydrogen-bond donors (Lipinski definition) is 0. The Labute approximate surface area is 174 Å². The molecular weight excluding hydrogens is 388 g/mol. The minimum Gasteiger partial charge on any atom is -0.451 e. The highest BCUT2D eigenvalue weighted by Crippen LogP contribution is 2.30. The molecule has 1 aliphatic rings. The Morgan fingerprint density at radius 3 is 2.50 bits per heavy atom. The van der Waals surface area contributed by atoms with E-state index >= 15 is 0 Å². The number of hydrogen-bond acceptors (Lipinski definition) is 7. The average Bonchev–Trinajstić information content (AvgIpc) is 2.75. The summed E-state index contributed by atoms with van der Waals surface area (Å²) < 4.78 is 10.6. The van der Waals surface area contributed by atoms with Crippen molar-refractivity contribution >= 4 is 23.1 Å². The Morgan fingerprint density at radius 2 is 1.83 bits per heavy atom. The molecule has 30 heavy (non-hydrogen) atoms. The molecule has 0 bridgehead atoms. The van der Waals surface area contributed by atoms with Gasteiger partial charge in [-0.25, -0.2) is 4.79 Å². The van der Waals surface area contributed by atoms with Gasteiger partial charge in [0.2, 0.25) is 5.78 Å². The van der Waals surface area contributed by atoms with Crippen molar-refractivity contribution in [1.29, 1.82) is 0 Å². The smallest absolute Gasteiger partial charge is 0.339 e. The van der Waals surface area contributed by atoms with Crippen molar-refractivity contribution in [3.63, 3.8) is 0 Å². The number of carbonyl (C=O) groups is 2. The van der Waals surface area contributed by atoms with E-state index in [9.17, 15) is 19.7 Å². The van der Waals surface area contributed by atoms with Crippen LogP contribution in [0.5, 0.6) is 0 Å². The monoisotopic (exact) mass is 412 g/mol. The van der Waals surface area contributed by atoms with Gasteiger partial charge < -0.3 is 14.4 Å². The zero-order chi connectivity index (χ0) is 21.8. The van der Waals surface area contributed by atoms with Crippen LogP contribution >= 0.6 is 0 Å². The molecule has 158 valence electrons. The third-order valence-corrected chi connectivity index (χ3v) is 5.07. The molecule has 0 spiro atoms. The number of nitrogens with zero attached hydrogens (tertiary/aromatic N) is 2. The molecule has 0 N–H and O–H groups in total. The van der Waals surface area contributed by atoms with Gasteiger partial charge in [-0.05, 0) is 44.5 Å². The number of morpholine rings is 1. The summed E-state index contributed by atoms with van der Waals surface area (Å²) in [5, 5.41) is 11.6. The van der Waals surface area contributed by atoms with Crippen LogP contribution in [0.15, 0.2) is 36.4 Å². The molecule has 3 rings (SSSR count). The number of nitro benzene ring substituents is 1. The van der Waals surface area contributed by atoms with E-state index in [2.05, 4.69) is 0 Å². The van der Waals surface area contributed by atoms with Crippen LogP contribution < -0.4 is 4.90 Å². The molecule has 0 saturated carbocycles. The lowest BCUT2D eigenvalue weighted by Gasteiger charge is -2.28. The zero-order valence-electron chi connectivity index (χ0n) is 17.2. The van der Waals surface area contributed by atoms with Crippen LogP contribution in [-0.2, 0) is 9.47 Å². The van der Waals surface area contributed by atoms with Crippen LogP contribution in [0.3, 0.4) is 0 Å². The lowest BCUT2D eigenvalue weighted by Crippen LogP contribution is -2.36. The second-order valence-corrected chi connectivity index (χ2v) is 7.29. The van der Waals surface area contributed by atoms with E-state index in [1.54, 1.807) is 6.07 Å². The van der Waals surface area contributed by atoms with Gasteiger partial charge in [0.05, 0.1) is 23.7 Å². The third-order valence-electron chi connectivity index (χ3n) is 5.07. The van der Waals surface area contributed by atoms with E-state index in [0.717, 1.165) is 11.1 Å². The molecule has 0 amide bonds. The van der Waals surface area contributed by atoms with Gasteiger partial charge in [0.1, 0.15) is 5.69 Å². The van der Waals surface area contributed by atoms with Crippen LogP contribution in [-0.4, -0.2) is 49.1 Å². The maximum atomic E-state index is 12.7. The van der Waals surface area contributed by atoms with Crippen molar-refractivity contribution in [3.8, 4) is 0 Å². The first-order valence-electron chi connectivity index (χ1n) is 9.71. The summed E-state index contributed by atoms with van der Waals surface area (Å²) in [6, 6.07) is 9.71. The number of ether oxygens (including phenoxy) is 2. The number of aryl methyl sites for hydroxylation is 2. The highest BCUT2D eigenvalue weighted by Gasteiger charge is 2.26. The molecule has 0 unspecified atom stereocenters. The van der Waals surface area contributed by atoms with Crippen molar-refractivity contribution in [1.82, 2.24) is 0 Å². The quantitative estimate of drug-likeness (QED) is 0.310. The second kappa shape index (κ2) is 9.04. The normalized spacial score (nSPS) is 14.8. The first-order valence-corrected chi connectivity index (χ1v) is 9.71. The molecule has 1 saturated heterocycles. The van der Waals surface area contributed by atoms with E-state index in [1.807, 2.05) is 30.9 Å². The molecule has 1 atom stereocenters. The summed E-state index contributed by atoms with van der Waals surface area (Å²) in [6.07, 6.45) is -1.02. The van der Waals surface area contributed by atoms with Crippen molar-refractivity contribution in [2.75, 3.05) is 31.2 Å². The van der Waals surface area contributed by atoms with Gasteiger partial charge >= 0.3 is 5.97 Å². The van der Waals surface area contributed by atoms with E-state index in [-0.39, 0.29) is 17.0 Å². The third kappa shape index (κ3) is 4.65. The summed E-state index contributed by atoms with van der Waals surface area (Å²) in [5.74, 6) is -1.10. The number of rotatable bonds is 6. The number of benzene rings is 2. The summed E-state index contributed by atoms with van der Waals surface area (Å²) in [6.45, 7) is 7.23. The lowest BCUT2D eigenvalue weighted by atomic mass is 9.99. The number of anilines is 1. The minimum absolute atomic E-state index is 0.0272. The van der Waals surface area contributed by atoms with Gasteiger partial charge in [0, 0.05) is 24.7 Å². The Hall–Kier alpha value is -3.26. The molecule has 1 heterocycles. The van der Waals surface area contributed by atoms with Crippen molar-refractivity contribution in [2.45, 2.75) is 26.9 Å². The number of ketones is 1. The predicted molar refractivity (Wildman–Crippen MR) is 111 cm³/mol. The molecule has 0 aromatic heterocycles. The van der Waals surface area contributed by atoms with Gasteiger partial charge in [-0.15, -0.1) is 0 Å². The van der Waals surface area contributed by atoms with Crippen LogP contribution in [0.2, 0.25) is 0 Å². The molecule has 1 fully saturated rings.